The van der Waals surface area contributed by atoms with Crippen molar-refractivity contribution in [2.75, 3.05) is 6.61 Å². The van der Waals surface area contributed by atoms with Crippen LogP contribution in [-0.2, 0) is 13.0 Å². The highest BCUT2D eigenvalue weighted by molar-refractivity contribution is 5.34. The Morgan fingerprint density at radius 3 is 2.71 bits per heavy atom. The van der Waals surface area contributed by atoms with Gasteiger partial charge >= 0.3 is 0 Å². The second kappa shape index (κ2) is 6.32. The minimum Gasteiger partial charge on any atom is -0.396 e. The third-order valence-corrected chi connectivity index (χ3v) is 3.26. The Morgan fingerprint density at radius 1 is 1.14 bits per heavy atom. The molecule has 1 N–H and O–H groups in total. The maximum absolute atomic E-state index is 8.81. The van der Waals surface area contributed by atoms with Gasteiger partial charge in [0.2, 0.25) is 0 Å². The molecule has 2 heterocycles. The summed E-state index contributed by atoms with van der Waals surface area (Å²) in [5, 5.41) is 17.0. The molecule has 0 aliphatic rings. The molecule has 6 heteroatoms. The number of aromatic nitrogens is 5. The Kier molecular flexibility index (Phi) is 4.07. The van der Waals surface area contributed by atoms with E-state index in [1.165, 1.54) is 0 Å². The average molecular weight is 283 g/mol. The van der Waals surface area contributed by atoms with E-state index in [4.69, 9.17) is 5.11 Å². The molecule has 6 nitrogen and oxygen atoms in total. The molecular formula is C15H17N5O. The molecule has 0 saturated carbocycles. The molecule has 2 aromatic heterocycles. The van der Waals surface area contributed by atoms with Crippen molar-refractivity contribution in [2.45, 2.75) is 19.4 Å². The van der Waals surface area contributed by atoms with E-state index in [1.807, 2.05) is 21.6 Å². The summed E-state index contributed by atoms with van der Waals surface area (Å²) in [6.45, 7) is 0.874. The summed E-state index contributed by atoms with van der Waals surface area (Å²) in [4.78, 5) is 4.04. The molecule has 0 spiro atoms. The monoisotopic (exact) mass is 283 g/mol. The van der Waals surface area contributed by atoms with Gasteiger partial charge in [-0.05, 0) is 30.5 Å². The van der Waals surface area contributed by atoms with Crippen LogP contribution in [0.3, 0.4) is 0 Å². The molecule has 1 aromatic carbocycles. The Morgan fingerprint density at radius 2 is 2.00 bits per heavy atom. The smallest absolute Gasteiger partial charge is 0.0991 e. The van der Waals surface area contributed by atoms with Crippen LogP contribution >= 0.6 is 0 Å². The number of nitrogens with zero attached hydrogens (tertiary/aromatic N) is 5. The Labute approximate surface area is 122 Å². The first-order valence-electron chi connectivity index (χ1n) is 6.92. The largest absolute Gasteiger partial charge is 0.396 e. The fourth-order valence-electron chi connectivity index (χ4n) is 2.16. The molecule has 0 bridgehead atoms. The number of aliphatic hydroxyl groups is 1. The van der Waals surface area contributed by atoms with E-state index in [2.05, 4.69) is 39.6 Å². The van der Waals surface area contributed by atoms with Gasteiger partial charge in [0.05, 0.1) is 18.6 Å². The fourth-order valence-corrected chi connectivity index (χ4v) is 2.16. The van der Waals surface area contributed by atoms with E-state index in [9.17, 15) is 0 Å². The summed E-state index contributed by atoms with van der Waals surface area (Å²) < 4.78 is 3.78. The van der Waals surface area contributed by atoms with Crippen LogP contribution in [0.4, 0.5) is 0 Å². The minimum atomic E-state index is 0.183. The molecule has 3 aromatic rings. The van der Waals surface area contributed by atoms with Crippen molar-refractivity contribution in [2.24, 2.45) is 0 Å². The predicted octanol–water partition coefficient (Wildman–Crippen LogP) is 1.44. The van der Waals surface area contributed by atoms with Gasteiger partial charge < -0.3 is 9.67 Å². The molecule has 108 valence electrons. The Hall–Kier alpha value is -2.47. The molecule has 0 atom stereocenters. The molecule has 3 rings (SSSR count). The van der Waals surface area contributed by atoms with Gasteiger partial charge in [0.1, 0.15) is 0 Å². The molecule has 0 aliphatic heterocycles. The van der Waals surface area contributed by atoms with Crippen molar-refractivity contribution in [1.29, 1.82) is 0 Å². The van der Waals surface area contributed by atoms with Crippen LogP contribution in [0.5, 0.6) is 0 Å². The molecule has 0 radical (unpaired) electrons. The van der Waals surface area contributed by atoms with Crippen LogP contribution in [0.1, 0.15) is 17.7 Å². The number of aryl methyl sites for hydroxylation is 1. The Bertz CT molecular complexity index is 672. The number of hydrogen-bond donors (Lipinski definition) is 1. The van der Waals surface area contributed by atoms with Crippen molar-refractivity contribution in [3.8, 4) is 5.69 Å². The summed E-state index contributed by atoms with van der Waals surface area (Å²) in [6, 6.07) is 8.26. The zero-order chi connectivity index (χ0) is 14.5. The first-order valence-corrected chi connectivity index (χ1v) is 6.92. The average Bonchev–Trinajstić information content (AvgIpc) is 3.17. The van der Waals surface area contributed by atoms with E-state index in [0.717, 1.165) is 29.8 Å². The second-order valence-electron chi connectivity index (χ2n) is 4.87. The Balaban J connectivity index is 1.66. The van der Waals surface area contributed by atoms with Gasteiger partial charge in [-0.15, -0.1) is 5.10 Å². The zero-order valence-electron chi connectivity index (χ0n) is 11.6. The predicted molar refractivity (Wildman–Crippen MR) is 78.1 cm³/mol. The van der Waals surface area contributed by atoms with Gasteiger partial charge in [0, 0.05) is 30.9 Å². The van der Waals surface area contributed by atoms with Crippen LogP contribution in [-0.4, -0.2) is 36.3 Å². The molecule has 0 fully saturated rings. The van der Waals surface area contributed by atoms with E-state index in [1.54, 1.807) is 12.5 Å². The number of imidazole rings is 1. The summed E-state index contributed by atoms with van der Waals surface area (Å²) in [5.74, 6) is 0. The van der Waals surface area contributed by atoms with Gasteiger partial charge in [0.25, 0.3) is 0 Å². The highest BCUT2D eigenvalue weighted by atomic mass is 16.2. The number of benzene rings is 1. The van der Waals surface area contributed by atoms with E-state index in [0.29, 0.717) is 6.54 Å². The molecule has 0 aliphatic carbocycles. The SMILES string of the molecule is OCCCc1cn(Cc2ccc(-n3ccnc3)cc2)nn1. The quantitative estimate of drug-likeness (QED) is 0.743. The molecular weight excluding hydrogens is 266 g/mol. The van der Waals surface area contributed by atoms with Gasteiger partial charge in [-0.3, -0.25) is 0 Å². The normalized spacial score (nSPS) is 10.9. The lowest BCUT2D eigenvalue weighted by molar-refractivity contribution is 0.288. The lowest BCUT2D eigenvalue weighted by Crippen LogP contribution is -2.00. The first-order chi connectivity index (χ1) is 10.3. The van der Waals surface area contributed by atoms with Crippen LogP contribution in [0.2, 0.25) is 0 Å². The van der Waals surface area contributed by atoms with Crippen molar-refractivity contribution in [3.63, 3.8) is 0 Å². The topological polar surface area (TPSA) is 68.8 Å². The third-order valence-electron chi connectivity index (χ3n) is 3.26. The van der Waals surface area contributed by atoms with E-state index >= 15 is 0 Å². The van der Waals surface area contributed by atoms with Gasteiger partial charge in [-0.1, -0.05) is 17.3 Å². The first kappa shape index (κ1) is 13.5. The standard InChI is InChI=1S/C15H17N5O/c21-9-1-2-14-11-20(18-17-14)10-13-3-5-15(6-4-13)19-8-7-16-12-19/h3-8,11-12,21H,1-2,9-10H2. The van der Waals surface area contributed by atoms with E-state index in [-0.39, 0.29) is 6.61 Å². The summed E-state index contributed by atoms with van der Waals surface area (Å²) >= 11 is 0. The highest BCUT2D eigenvalue weighted by Gasteiger charge is 2.02. The second-order valence-corrected chi connectivity index (χ2v) is 4.87. The maximum Gasteiger partial charge on any atom is 0.0991 e. The summed E-state index contributed by atoms with van der Waals surface area (Å²) in [7, 11) is 0. The molecule has 0 saturated heterocycles. The van der Waals surface area contributed by atoms with Gasteiger partial charge in [-0.25, -0.2) is 9.67 Å². The summed E-state index contributed by atoms with van der Waals surface area (Å²) in [5.41, 5.74) is 3.16. The summed E-state index contributed by atoms with van der Waals surface area (Å²) in [6.07, 6.45) is 8.87. The number of aliphatic hydroxyl groups excluding tert-OH is 1. The zero-order valence-corrected chi connectivity index (χ0v) is 11.6. The van der Waals surface area contributed by atoms with Crippen LogP contribution in [0, 0.1) is 0 Å². The van der Waals surface area contributed by atoms with Crippen LogP contribution < -0.4 is 0 Å². The highest BCUT2D eigenvalue weighted by Crippen LogP contribution is 2.10. The number of rotatable bonds is 6. The number of hydrogen-bond acceptors (Lipinski definition) is 4. The van der Waals surface area contributed by atoms with E-state index < -0.39 is 0 Å². The van der Waals surface area contributed by atoms with Crippen molar-refractivity contribution in [3.05, 3.63) is 60.4 Å². The molecule has 21 heavy (non-hydrogen) atoms. The lowest BCUT2D eigenvalue weighted by Gasteiger charge is -2.04. The molecule has 0 unspecified atom stereocenters. The van der Waals surface area contributed by atoms with Crippen molar-refractivity contribution >= 4 is 0 Å². The van der Waals surface area contributed by atoms with Crippen LogP contribution in [0.15, 0.2) is 49.2 Å². The maximum atomic E-state index is 8.81. The third kappa shape index (κ3) is 3.35. The lowest BCUT2D eigenvalue weighted by atomic mass is 10.2. The van der Waals surface area contributed by atoms with Gasteiger partial charge in [0.15, 0.2) is 0 Å². The van der Waals surface area contributed by atoms with Crippen LogP contribution in [0.25, 0.3) is 5.69 Å². The van der Waals surface area contributed by atoms with Crippen molar-refractivity contribution < 1.29 is 5.11 Å². The molecule has 0 amide bonds. The fraction of sp³-hybridized carbons (Fsp3) is 0.267. The van der Waals surface area contributed by atoms with Gasteiger partial charge in [-0.2, -0.15) is 0 Å². The minimum absolute atomic E-state index is 0.183. The van der Waals surface area contributed by atoms with Crippen molar-refractivity contribution in [1.82, 2.24) is 24.5 Å².